The Kier molecular flexibility index (Phi) is 6.55. The number of rotatable bonds is 8. The van der Waals surface area contributed by atoms with Crippen molar-refractivity contribution in [1.29, 1.82) is 0 Å². The number of hydrogen-bond acceptors (Lipinski definition) is 4. The van der Waals surface area contributed by atoms with Crippen molar-refractivity contribution in [2.75, 3.05) is 26.2 Å². The Hall–Kier alpha value is -1.44. The third-order valence-corrected chi connectivity index (χ3v) is 7.24. The molecule has 1 aromatic carbocycles. The maximum absolute atomic E-state index is 13.2. The summed E-state index contributed by atoms with van der Waals surface area (Å²) >= 11 is 0. The predicted molar refractivity (Wildman–Crippen MR) is 106 cm³/mol. The van der Waals surface area contributed by atoms with Gasteiger partial charge in [0, 0.05) is 31.7 Å². The van der Waals surface area contributed by atoms with Crippen LogP contribution in [0.2, 0.25) is 0 Å². The van der Waals surface area contributed by atoms with Crippen LogP contribution in [0.5, 0.6) is 0 Å². The number of nitrogens with one attached hydrogen (secondary N) is 1. The van der Waals surface area contributed by atoms with Crippen LogP contribution in [0, 0.1) is 5.92 Å². The van der Waals surface area contributed by atoms with Gasteiger partial charge in [-0.1, -0.05) is 32.0 Å². The average Bonchev–Trinajstić information content (AvgIpc) is 3.47. The van der Waals surface area contributed by atoms with E-state index in [9.17, 15) is 13.2 Å². The van der Waals surface area contributed by atoms with E-state index in [-0.39, 0.29) is 18.0 Å². The summed E-state index contributed by atoms with van der Waals surface area (Å²) in [6, 6.07) is 8.91. The Morgan fingerprint density at radius 3 is 2.26 bits per heavy atom. The van der Waals surface area contributed by atoms with E-state index in [1.165, 1.54) is 0 Å². The molecule has 0 spiro atoms. The molecule has 1 aliphatic heterocycles. The van der Waals surface area contributed by atoms with Crippen LogP contribution in [0.4, 0.5) is 0 Å². The van der Waals surface area contributed by atoms with Crippen molar-refractivity contribution in [2.45, 2.75) is 56.5 Å². The molecule has 1 N–H and O–H groups in total. The first-order chi connectivity index (χ1) is 12.9. The highest BCUT2D eigenvalue weighted by Crippen LogP contribution is 2.36. The Morgan fingerprint density at radius 1 is 1.11 bits per heavy atom. The molecule has 3 rings (SSSR count). The first-order valence-corrected chi connectivity index (χ1v) is 11.4. The fourth-order valence-electron chi connectivity index (χ4n) is 3.64. The summed E-state index contributed by atoms with van der Waals surface area (Å²) < 4.78 is 28.1. The van der Waals surface area contributed by atoms with Gasteiger partial charge >= 0.3 is 0 Å². The number of benzene rings is 1. The normalized spacial score (nSPS) is 19.6. The fourth-order valence-corrected chi connectivity index (χ4v) is 5.59. The highest BCUT2D eigenvalue weighted by Gasteiger charge is 2.43. The maximum atomic E-state index is 13.2. The number of amides is 1. The SMILES string of the molecule is CC(C)CNC(=O)CN1CCC(N(C2CC2)S(=O)(=O)c2ccccc2)CC1. The van der Waals surface area contributed by atoms with Crippen LogP contribution in [0.3, 0.4) is 0 Å². The molecule has 1 saturated carbocycles. The van der Waals surface area contributed by atoms with Gasteiger partial charge in [0.05, 0.1) is 11.4 Å². The van der Waals surface area contributed by atoms with Gasteiger partial charge in [-0.3, -0.25) is 9.69 Å². The third-order valence-electron chi connectivity index (χ3n) is 5.22. The largest absolute Gasteiger partial charge is 0.355 e. The molecule has 0 atom stereocenters. The molecule has 0 radical (unpaired) electrons. The van der Waals surface area contributed by atoms with Crippen LogP contribution in [-0.4, -0.2) is 61.8 Å². The van der Waals surface area contributed by atoms with E-state index in [0.29, 0.717) is 23.9 Å². The van der Waals surface area contributed by atoms with Gasteiger partial charge in [0.2, 0.25) is 15.9 Å². The van der Waals surface area contributed by atoms with Crippen LogP contribution < -0.4 is 5.32 Å². The van der Waals surface area contributed by atoms with Gasteiger partial charge in [0.1, 0.15) is 0 Å². The third kappa shape index (κ3) is 5.30. The first kappa shape index (κ1) is 20.3. The summed E-state index contributed by atoms with van der Waals surface area (Å²) in [4.78, 5) is 14.5. The topological polar surface area (TPSA) is 69.7 Å². The standard InChI is InChI=1S/C20H31N3O3S/c1-16(2)14-21-20(24)15-22-12-10-18(11-13-22)23(17-8-9-17)27(25,26)19-6-4-3-5-7-19/h3-7,16-18H,8-15H2,1-2H3,(H,21,24). The molecular formula is C20H31N3O3S. The molecule has 2 fully saturated rings. The van der Waals surface area contributed by atoms with E-state index >= 15 is 0 Å². The molecule has 1 aromatic rings. The summed E-state index contributed by atoms with van der Waals surface area (Å²) in [5, 5.41) is 2.95. The van der Waals surface area contributed by atoms with Gasteiger partial charge in [0.25, 0.3) is 0 Å². The van der Waals surface area contributed by atoms with Gasteiger partial charge in [-0.05, 0) is 43.7 Å². The molecule has 1 aliphatic carbocycles. The molecule has 7 heteroatoms. The molecule has 0 aromatic heterocycles. The number of hydrogen-bond donors (Lipinski definition) is 1. The van der Waals surface area contributed by atoms with Gasteiger partial charge in [-0.15, -0.1) is 0 Å². The molecular weight excluding hydrogens is 362 g/mol. The summed E-state index contributed by atoms with van der Waals surface area (Å²) in [6.07, 6.45) is 3.45. The quantitative estimate of drug-likeness (QED) is 0.734. The number of carbonyl (C=O) groups is 1. The number of nitrogens with zero attached hydrogens (tertiary/aromatic N) is 2. The van der Waals surface area contributed by atoms with Crippen LogP contribution >= 0.6 is 0 Å². The second-order valence-electron chi connectivity index (χ2n) is 8.08. The molecule has 1 amide bonds. The number of carbonyl (C=O) groups excluding carboxylic acids is 1. The van der Waals surface area contributed by atoms with Gasteiger partial charge in [-0.2, -0.15) is 4.31 Å². The van der Waals surface area contributed by atoms with Crippen molar-refractivity contribution in [3.63, 3.8) is 0 Å². The number of sulfonamides is 1. The van der Waals surface area contributed by atoms with Gasteiger partial charge in [-0.25, -0.2) is 8.42 Å². The zero-order chi connectivity index (χ0) is 19.4. The zero-order valence-electron chi connectivity index (χ0n) is 16.3. The lowest BCUT2D eigenvalue weighted by atomic mass is 10.0. The molecule has 6 nitrogen and oxygen atoms in total. The number of piperidine rings is 1. The Labute approximate surface area is 163 Å². The zero-order valence-corrected chi connectivity index (χ0v) is 17.1. The Bertz CT molecular complexity index is 724. The number of likely N-dealkylation sites (tertiary alicyclic amines) is 1. The summed E-state index contributed by atoms with van der Waals surface area (Å²) in [5.41, 5.74) is 0. The minimum atomic E-state index is -3.46. The minimum Gasteiger partial charge on any atom is -0.355 e. The molecule has 1 saturated heterocycles. The first-order valence-electron chi connectivity index (χ1n) is 9.95. The Morgan fingerprint density at radius 2 is 1.70 bits per heavy atom. The lowest BCUT2D eigenvalue weighted by Crippen LogP contribution is -2.50. The molecule has 0 unspecified atom stereocenters. The van der Waals surface area contributed by atoms with E-state index in [1.54, 1.807) is 28.6 Å². The highest BCUT2D eigenvalue weighted by atomic mass is 32.2. The highest BCUT2D eigenvalue weighted by molar-refractivity contribution is 7.89. The summed E-state index contributed by atoms with van der Waals surface area (Å²) in [6.45, 7) is 6.76. The van der Waals surface area contributed by atoms with Crippen LogP contribution in [0.15, 0.2) is 35.2 Å². The van der Waals surface area contributed by atoms with Crippen LogP contribution in [-0.2, 0) is 14.8 Å². The van der Waals surface area contributed by atoms with Gasteiger partial charge in [0.15, 0.2) is 0 Å². The Balaban J connectivity index is 1.59. The van der Waals surface area contributed by atoms with Crippen molar-refractivity contribution >= 4 is 15.9 Å². The van der Waals surface area contributed by atoms with E-state index in [4.69, 9.17) is 0 Å². The molecule has 0 bridgehead atoms. The maximum Gasteiger partial charge on any atom is 0.243 e. The second-order valence-corrected chi connectivity index (χ2v) is 9.93. The minimum absolute atomic E-state index is 0.0256. The van der Waals surface area contributed by atoms with Crippen molar-refractivity contribution in [3.05, 3.63) is 30.3 Å². The molecule has 27 heavy (non-hydrogen) atoms. The average molecular weight is 394 g/mol. The monoisotopic (exact) mass is 393 g/mol. The van der Waals surface area contributed by atoms with Crippen LogP contribution in [0.25, 0.3) is 0 Å². The fraction of sp³-hybridized carbons (Fsp3) is 0.650. The second kappa shape index (κ2) is 8.71. The van der Waals surface area contributed by atoms with E-state index in [1.807, 2.05) is 6.07 Å². The van der Waals surface area contributed by atoms with Crippen molar-refractivity contribution < 1.29 is 13.2 Å². The molecule has 2 aliphatic rings. The smallest absolute Gasteiger partial charge is 0.243 e. The van der Waals surface area contributed by atoms with E-state index in [0.717, 1.165) is 38.8 Å². The summed E-state index contributed by atoms with van der Waals surface area (Å²) in [5.74, 6) is 0.494. The lowest BCUT2D eigenvalue weighted by molar-refractivity contribution is -0.122. The van der Waals surface area contributed by atoms with E-state index < -0.39 is 10.0 Å². The van der Waals surface area contributed by atoms with Crippen LogP contribution in [0.1, 0.15) is 39.5 Å². The molecule has 150 valence electrons. The lowest BCUT2D eigenvalue weighted by Gasteiger charge is -2.37. The summed E-state index contributed by atoms with van der Waals surface area (Å²) in [7, 11) is -3.46. The predicted octanol–water partition coefficient (Wildman–Crippen LogP) is 2.08. The van der Waals surface area contributed by atoms with Gasteiger partial charge < -0.3 is 5.32 Å². The van der Waals surface area contributed by atoms with Crippen molar-refractivity contribution in [1.82, 2.24) is 14.5 Å². The van der Waals surface area contributed by atoms with E-state index in [2.05, 4.69) is 24.1 Å². The van der Waals surface area contributed by atoms with Crippen molar-refractivity contribution in [2.24, 2.45) is 5.92 Å². The molecule has 1 heterocycles. The van der Waals surface area contributed by atoms with Crippen molar-refractivity contribution in [3.8, 4) is 0 Å².